The van der Waals surface area contributed by atoms with Crippen LogP contribution in [0.15, 0.2) is 28.5 Å². The van der Waals surface area contributed by atoms with Gasteiger partial charge < -0.3 is 11.1 Å². The normalized spacial score (nSPS) is 10.6. The van der Waals surface area contributed by atoms with Crippen LogP contribution < -0.4 is 11.1 Å². The zero-order chi connectivity index (χ0) is 15.2. The predicted octanol–water partition coefficient (Wildman–Crippen LogP) is 2.62. The highest BCUT2D eigenvalue weighted by atomic mass is 32.2. The first-order chi connectivity index (χ1) is 10.0. The Morgan fingerprint density at radius 1 is 1.43 bits per heavy atom. The number of anilines is 1. The molecule has 0 aliphatic rings. The predicted molar refractivity (Wildman–Crippen MR) is 85.1 cm³/mol. The lowest BCUT2D eigenvalue weighted by Gasteiger charge is -2.05. The molecule has 2 aromatic rings. The van der Waals surface area contributed by atoms with Gasteiger partial charge in [-0.2, -0.15) is 0 Å². The lowest BCUT2D eigenvalue weighted by molar-refractivity contribution is -0.118. The topological polar surface area (TPSA) is 68.0 Å². The van der Waals surface area contributed by atoms with Gasteiger partial charge in [-0.3, -0.25) is 4.79 Å². The van der Waals surface area contributed by atoms with Gasteiger partial charge in [-0.1, -0.05) is 23.5 Å². The molecule has 1 heterocycles. The molecular weight excluding hydrogens is 309 g/mol. The largest absolute Gasteiger partial charge is 0.375 e. The molecule has 7 heteroatoms. The molecule has 0 saturated heterocycles. The Morgan fingerprint density at radius 2 is 2.14 bits per heavy atom. The molecule has 2 rings (SSSR count). The first-order valence-corrected chi connectivity index (χ1v) is 8.21. The summed E-state index contributed by atoms with van der Waals surface area (Å²) in [5.74, 6) is 0.0539. The summed E-state index contributed by atoms with van der Waals surface area (Å²) >= 11 is 2.83. The Hall–Kier alpha value is -1.60. The summed E-state index contributed by atoms with van der Waals surface area (Å²) in [5, 5.41) is 3.36. The standard InChI is InChI=1S/C14H16FN3OS2/c1-9-13(21-14(16)18-9)20-8-12(19)17-7-6-10-2-4-11(15)5-3-10/h2-5H,6-8H2,1H3,(H2,16,18)(H,17,19). The van der Waals surface area contributed by atoms with Crippen LogP contribution in [0.2, 0.25) is 0 Å². The highest BCUT2D eigenvalue weighted by Gasteiger charge is 2.08. The summed E-state index contributed by atoms with van der Waals surface area (Å²) in [4.78, 5) is 15.9. The van der Waals surface area contributed by atoms with E-state index < -0.39 is 0 Å². The van der Waals surface area contributed by atoms with Gasteiger partial charge in [0.05, 0.1) is 15.7 Å². The Morgan fingerprint density at radius 3 is 2.76 bits per heavy atom. The fourth-order valence-electron chi connectivity index (χ4n) is 1.72. The monoisotopic (exact) mass is 325 g/mol. The number of carbonyl (C=O) groups excluding carboxylic acids is 1. The average molecular weight is 325 g/mol. The van der Waals surface area contributed by atoms with E-state index in [2.05, 4.69) is 10.3 Å². The fraction of sp³-hybridized carbons (Fsp3) is 0.286. The molecule has 1 aromatic heterocycles. The summed E-state index contributed by atoms with van der Waals surface area (Å²) in [5.41, 5.74) is 7.47. The van der Waals surface area contributed by atoms with Crippen molar-refractivity contribution < 1.29 is 9.18 Å². The molecule has 0 fully saturated rings. The van der Waals surface area contributed by atoms with Gasteiger partial charge in [0, 0.05) is 6.54 Å². The zero-order valence-corrected chi connectivity index (χ0v) is 13.2. The maximum atomic E-state index is 12.7. The van der Waals surface area contributed by atoms with Crippen molar-refractivity contribution in [3.05, 3.63) is 41.3 Å². The molecule has 3 N–H and O–H groups in total. The van der Waals surface area contributed by atoms with Gasteiger partial charge in [-0.05, 0) is 31.0 Å². The maximum absolute atomic E-state index is 12.7. The van der Waals surface area contributed by atoms with Gasteiger partial charge in [-0.15, -0.1) is 11.8 Å². The molecule has 0 radical (unpaired) electrons. The number of thioether (sulfide) groups is 1. The van der Waals surface area contributed by atoms with Crippen LogP contribution in [0.3, 0.4) is 0 Å². The number of aromatic nitrogens is 1. The van der Waals surface area contributed by atoms with Crippen molar-refractivity contribution in [1.29, 1.82) is 0 Å². The Kier molecular flexibility index (Phi) is 5.58. The van der Waals surface area contributed by atoms with Crippen molar-refractivity contribution in [2.24, 2.45) is 0 Å². The third-order valence-electron chi connectivity index (χ3n) is 2.75. The second-order valence-corrected chi connectivity index (χ2v) is 6.71. The summed E-state index contributed by atoms with van der Waals surface area (Å²) in [6.45, 7) is 2.41. The molecule has 0 unspecified atom stereocenters. The highest BCUT2D eigenvalue weighted by molar-refractivity contribution is 8.01. The summed E-state index contributed by atoms with van der Waals surface area (Å²) < 4.78 is 13.7. The third kappa shape index (κ3) is 5.02. The van der Waals surface area contributed by atoms with E-state index in [0.29, 0.717) is 23.8 Å². The number of hydrogen-bond donors (Lipinski definition) is 2. The number of rotatable bonds is 6. The van der Waals surface area contributed by atoms with E-state index in [9.17, 15) is 9.18 Å². The first kappa shape index (κ1) is 15.8. The van der Waals surface area contributed by atoms with Gasteiger partial charge in [0.15, 0.2) is 5.13 Å². The number of benzene rings is 1. The number of nitrogen functional groups attached to an aromatic ring is 1. The van der Waals surface area contributed by atoms with Gasteiger partial charge >= 0.3 is 0 Å². The van der Waals surface area contributed by atoms with Crippen molar-refractivity contribution in [3.8, 4) is 0 Å². The molecule has 1 aromatic carbocycles. The number of halogens is 1. The van der Waals surface area contributed by atoms with Crippen LogP contribution >= 0.6 is 23.1 Å². The average Bonchev–Trinajstić information content (AvgIpc) is 2.77. The van der Waals surface area contributed by atoms with E-state index in [4.69, 9.17) is 5.73 Å². The number of nitrogens with zero attached hydrogens (tertiary/aromatic N) is 1. The second kappa shape index (κ2) is 7.42. The molecule has 21 heavy (non-hydrogen) atoms. The number of amides is 1. The minimum atomic E-state index is -0.251. The Balaban J connectivity index is 1.70. The maximum Gasteiger partial charge on any atom is 0.230 e. The van der Waals surface area contributed by atoms with E-state index in [1.165, 1.54) is 35.2 Å². The summed E-state index contributed by atoms with van der Waals surface area (Å²) in [6, 6.07) is 6.29. The van der Waals surface area contributed by atoms with Crippen LogP contribution in [-0.4, -0.2) is 23.2 Å². The fourth-order valence-corrected chi connectivity index (χ4v) is 3.57. The number of hydrogen-bond acceptors (Lipinski definition) is 5. The molecule has 0 spiro atoms. The van der Waals surface area contributed by atoms with Crippen LogP contribution in [-0.2, 0) is 11.2 Å². The number of carbonyl (C=O) groups is 1. The SMILES string of the molecule is Cc1nc(N)sc1SCC(=O)NCCc1ccc(F)cc1. The van der Waals surface area contributed by atoms with Crippen molar-refractivity contribution in [3.63, 3.8) is 0 Å². The minimum absolute atomic E-state index is 0.0338. The molecule has 0 bridgehead atoms. The quantitative estimate of drug-likeness (QED) is 0.801. The lowest BCUT2D eigenvalue weighted by Crippen LogP contribution is -2.27. The number of thiazole rings is 1. The van der Waals surface area contributed by atoms with E-state index >= 15 is 0 Å². The summed E-state index contributed by atoms with van der Waals surface area (Å²) in [7, 11) is 0. The number of aryl methyl sites for hydroxylation is 1. The summed E-state index contributed by atoms with van der Waals surface area (Å²) in [6.07, 6.45) is 0.684. The molecular formula is C14H16FN3OS2. The minimum Gasteiger partial charge on any atom is -0.375 e. The van der Waals surface area contributed by atoms with E-state index in [1.54, 1.807) is 12.1 Å². The van der Waals surface area contributed by atoms with Gasteiger partial charge in [0.1, 0.15) is 5.82 Å². The molecule has 0 aliphatic carbocycles. The van der Waals surface area contributed by atoms with Crippen molar-refractivity contribution in [2.75, 3.05) is 18.0 Å². The van der Waals surface area contributed by atoms with Gasteiger partial charge in [0.25, 0.3) is 0 Å². The number of nitrogens with two attached hydrogens (primary N) is 1. The molecule has 0 atom stereocenters. The van der Waals surface area contributed by atoms with Crippen molar-refractivity contribution >= 4 is 34.1 Å². The Bertz CT molecular complexity index is 613. The first-order valence-electron chi connectivity index (χ1n) is 6.41. The van der Waals surface area contributed by atoms with Gasteiger partial charge in [0.2, 0.25) is 5.91 Å². The van der Waals surface area contributed by atoms with Gasteiger partial charge in [-0.25, -0.2) is 9.37 Å². The van der Waals surface area contributed by atoms with Crippen LogP contribution in [0.1, 0.15) is 11.3 Å². The Labute approximate surface area is 131 Å². The van der Waals surface area contributed by atoms with Crippen molar-refractivity contribution in [1.82, 2.24) is 10.3 Å². The third-order valence-corrected chi connectivity index (χ3v) is 5.10. The lowest BCUT2D eigenvalue weighted by atomic mass is 10.1. The van der Waals surface area contributed by atoms with E-state index in [-0.39, 0.29) is 11.7 Å². The van der Waals surface area contributed by atoms with Crippen LogP contribution in [0.5, 0.6) is 0 Å². The van der Waals surface area contributed by atoms with Crippen molar-refractivity contribution in [2.45, 2.75) is 17.6 Å². The van der Waals surface area contributed by atoms with Crippen LogP contribution in [0.4, 0.5) is 9.52 Å². The van der Waals surface area contributed by atoms with E-state index in [1.807, 2.05) is 6.92 Å². The molecule has 0 saturated carbocycles. The molecule has 4 nitrogen and oxygen atoms in total. The van der Waals surface area contributed by atoms with E-state index in [0.717, 1.165) is 15.5 Å². The number of nitrogens with one attached hydrogen (secondary N) is 1. The zero-order valence-electron chi connectivity index (χ0n) is 11.6. The smallest absolute Gasteiger partial charge is 0.230 e. The molecule has 1 amide bonds. The second-order valence-electron chi connectivity index (χ2n) is 4.44. The van der Waals surface area contributed by atoms with Crippen LogP contribution in [0, 0.1) is 12.7 Å². The van der Waals surface area contributed by atoms with Crippen LogP contribution in [0.25, 0.3) is 0 Å². The molecule has 112 valence electrons. The molecule has 0 aliphatic heterocycles. The highest BCUT2D eigenvalue weighted by Crippen LogP contribution is 2.30.